The number of anilines is 1. The molecule has 0 fully saturated rings. The van der Waals surface area contributed by atoms with Crippen LogP contribution in [0.25, 0.3) is 5.69 Å². The van der Waals surface area contributed by atoms with Crippen molar-refractivity contribution in [3.8, 4) is 5.69 Å². The summed E-state index contributed by atoms with van der Waals surface area (Å²) in [6.07, 6.45) is 0.509. The minimum atomic E-state index is -0.725. The number of aryl methyl sites for hydroxylation is 1. The van der Waals surface area contributed by atoms with E-state index in [2.05, 4.69) is 24.3 Å². The maximum Gasteiger partial charge on any atom is 0.250 e. The Labute approximate surface area is 170 Å². The fourth-order valence-electron chi connectivity index (χ4n) is 3.76. The lowest BCUT2D eigenvalue weighted by molar-refractivity contribution is 0.0523. The zero-order valence-corrected chi connectivity index (χ0v) is 17.6. The van der Waals surface area contributed by atoms with Crippen molar-refractivity contribution in [3.63, 3.8) is 0 Å². The summed E-state index contributed by atoms with van der Waals surface area (Å²) in [6, 6.07) is 5.19. The van der Waals surface area contributed by atoms with Gasteiger partial charge >= 0.3 is 0 Å². The average molecular weight is 399 g/mol. The van der Waals surface area contributed by atoms with Gasteiger partial charge in [0.05, 0.1) is 34.7 Å². The van der Waals surface area contributed by atoms with Gasteiger partial charge in [0, 0.05) is 12.1 Å². The first-order valence-electron chi connectivity index (χ1n) is 9.64. The molecule has 1 aliphatic carbocycles. The number of nitrogens with two attached hydrogens (primary N) is 1. The highest BCUT2D eigenvalue weighted by atomic mass is 16.3. The molecule has 1 aromatic carbocycles. The second kappa shape index (κ2) is 7.61. The van der Waals surface area contributed by atoms with Crippen LogP contribution >= 0.6 is 0 Å². The predicted octanol–water partition coefficient (Wildman–Crippen LogP) is 1.73. The van der Waals surface area contributed by atoms with Gasteiger partial charge in [-0.1, -0.05) is 13.8 Å². The zero-order chi connectivity index (χ0) is 21.5. The molecule has 29 heavy (non-hydrogen) atoms. The maximum atomic E-state index is 12.7. The topological polar surface area (TPSA) is 113 Å². The molecule has 1 aromatic heterocycles. The van der Waals surface area contributed by atoms with Crippen LogP contribution in [0.1, 0.15) is 52.4 Å². The molecular formula is C21H29N5O3. The van der Waals surface area contributed by atoms with Gasteiger partial charge in [0.25, 0.3) is 5.91 Å². The highest BCUT2D eigenvalue weighted by molar-refractivity contribution is 6.00. The number of aromatic nitrogens is 2. The molecule has 0 aliphatic heterocycles. The van der Waals surface area contributed by atoms with Gasteiger partial charge in [0.1, 0.15) is 6.23 Å². The fraction of sp³-hybridized carbons (Fsp3) is 0.476. The number of aliphatic hydroxyl groups is 1. The Balaban J connectivity index is 2.04. The molecular weight excluding hydrogens is 370 g/mol. The second-order valence-corrected chi connectivity index (χ2v) is 8.68. The Morgan fingerprint density at radius 1 is 1.38 bits per heavy atom. The Bertz CT molecular complexity index is 961. The number of carbonyl (C=O) groups excluding carboxylic acids is 2. The van der Waals surface area contributed by atoms with Crippen molar-refractivity contribution in [2.75, 3.05) is 26.0 Å². The van der Waals surface area contributed by atoms with Crippen molar-refractivity contribution < 1.29 is 14.7 Å². The number of nitrogens with zero attached hydrogens (tertiary/aromatic N) is 3. The first kappa shape index (κ1) is 21.0. The van der Waals surface area contributed by atoms with E-state index in [0.717, 1.165) is 17.8 Å². The van der Waals surface area contributed by atoms with E-state index in [-0.39, 0.29) is 17.7 Å². The van der Waals surface area contributed by atoms with E-state index in [1.54, 1.807) is 41.9 Å². The van der Waals surface area contributed by atoms with E-state index in [1.165, 1.54) is 0 Å². The fourth-order valence-corrected chi connectivity index (χ4v) is 3.76. The summed E-state index contributed by atoms with van der Waals surface area (Å²) >= 11 is 0. The highest BCUT2D eigenvalue weighted by Gasteiger charge is 2.35. The third kappa shape index (κ3) is 4.18. The monoisotopic (exact) mass is 399 g/mol. The van der Waals surface area contributed by atoms with Crippen molar-refractivity contribution in [2.24, 2.45) is 11.1 Å². The maximum absolute atomic E-state index is 12.7. The SMILES string of the molecule is Cc1nn(-c2ccc(C(N)=O)c(NCC(O)N(C)C)c2)c2c1C(=O)CC(C)(C)C2. The Morgan fingerprint density at radius 3 is 2.69 bits per heavy atom. The van der Waals surface area contributed by atoms with E-state index in [0.29, 0.717) is 28.9 Å². The molecule has 8 nitrogen and oxygen atoms in total. The van der Waals surface area contributed by atoms with Crippen molar-refractivity contribution >= 4 is 17.4 Å². The summed E-state index contributed by atoms with van der Waals surface area (Å²) in [5.74, 6) is -0.449. The quantitative estimate of drug-likeness (QED) is 0.638. The molecule has 1 amide bonds. The highest BCUT2D eigenvalue weighted by Crippen LogP contribution is 2.37. The Kier molecular flexibility index (Phi) is 5.51. The van der Waals surface area contributed by atoms with Gasteiger partial charge in [-0.25, -0.2) is 4.68 Å². The van der Waals surface area contributed by atoms with Crippen LogP contribution in [-0.2, 0) is 6.42 Å². The van der Waals surface area contributed by atoms with Gasteiger partial charge in [0.15, 0.2) is 5.78 Å². The number of carbonyl (C=O) groups is 2. The molecule has 1 atom stereocenters. The zero-order valence-electron chi connectivity index (χ0n) is 17.6. The Morgan fingerprint density at radius 2 is 2.07 bits per heavy atom. The number of nitrogens with one attached hydrogen (secondary N) is 1. The second-order valence-electron chi connectivity index (χ2n) is 8.68. The number of likely N-dealkylation sites (N-methyl/N-ethyl adjacent to an activating group) is 1. The molecule has 1 unspecified atom stereocenters. The van der Waals surface area contributed by atoms with Crippen LogP contribution in [0.4, 0.5) is 5.69 Å². The smallest absolute Gasteiger partial charge is 0.250 e. The van der Waals surface area contributed by atoms with Crippen LogP contribution in [-0.4, -0.2) is 58.3 Å². The molecule has 1 aliphatic rings. The van der Waals surface area contributed by atoms with Crippen LogP contribution in [0.3, 0.4) is 0 Å². The third-order valence-electron chi connectivity index (χ3n) is 5.30. The molecule has 0 bridgehead atoms. The molecule has 3 rings (SSSR count). The summed E-state index contributed by atoms with van der Waals surface area (Å²) in [7, 11) is 3.52. The first-order valence-corrected chi connectivity index (χ1v) is 9.64. The predicted molar refractivity (Wildman–Crippen MR) is 111 cm³/mol. The number of hydrogen-bond donors (Lipinski definition) is 3. The van der Waals surface area contributed by atoms with Crippen molar-refractivity contribution in [1.82, 2.24) is 14.7 Å². The van der Waals surface area contributed by atoms with Crippen LogP contribution in [0, 0.1) is 12.3 Å². The van der Waals surface area contributed by atoms with Crippen molar-refractivity contribution in [1.29, 1.82) is 0 Å². The van der Waals surface area contributed by atoms with E-state index >= 15 is 0 Å². The van der Waals surface area contributed by atoms with Crippen LogP contribution in [0.15, 0.2) is 18.2 Å². The molecule has 4 N–H and O–H groups in total. The summed E-state index contributed by atoms with van der Waals surface area (Å²) in [6.45, 7) is 6.22. The summed E-state index contributed by atoms with van der Waals surface area (Å²) < 4.78 is 1.78. The number of hydrogen-bond acceptors (Lipinski definition) is 6. The van der Waals surface area contributed by atoms with Gasteiger partial charge in [-0.3, -0.25) is 14.5 Å². The van der Waals surface area contributed by atoms with E-state index < -0.39 is 12.1 Å². The summed E-state index contributed by atoms with van der Waals surface area (Å²) in [5, 5.41) is 17.8. The lowest BCUT2D eigenvalue weighted by Crippen LogP contribution is -2.34. The standard InChI is InChI=1S/C21H29N5O3/c1-12-19-16(9-21(2,3)10-17(19)27)26(24-12)13-6-7-14(20(22)29)15(8-13)23-11-18(28)25(4)5/h6-8,18,23,28H,9-11H2,1-5H3,(H2,22,29). The normalized spacial score (nSPS) is 16.6. The third-order valence-corrected chi connectivity index (χ3v) is 5.30. The number of aliphatic hydroxyl groups excluding tert-OH is 1. The Hall–Kier alpha value is -2.71. The van der Waals surface area contributed by atoms with Crippen LogP contribution in [0.5, 0.6) is 0 Å². The van der Waals surface area contributed by atoms with E-state index in [9.17, 15) is 14.7 Å². The number of benzene rings is 1. The van der Waals surface area contributed by atoms with Gasteiger partial charge in [0.2, 0.25) is 0 Å². The van der Waals surface area contributed by atoms with E-state index in [1.807, 2.05) is 6.92 Å². The molecule has 0 spiro atoms. The van der Waals surface area contributed by atoms with E-state index in [4.69, 9.17) is 5.73 Å². The van der Waals surface area contributed by atoms with Crippen molar-refractivity contribution in [3.05, 3.63) is 40.7 Å². The van der Waals surface area contributed by atoms with Gasteiger partial charge in [-0.2, -0.15) is 5.10 Å². The molecule has 0 saturated carbocycles. The number of primary amides is 1. The molecule has 156 valence electrons. The van der Waals surface area contributed by atoms with Crippen molar-refractivity contribution in [2.45, 2.75) is 39.8 Å². The molecule has 8 heteroatoms. The molecule has 1 heterocycles. The minimum absolute atomic E-state index is 0.112. The van der Waals surface area contributed by atoms with Crippen LogP contribution in [0.2, 0.25) is 0 Å². The number of fused-ring (bicyclic) bond motifs is 1. The van der Waals surface area contributed by atoms with Crippen LogP contribution < -0.4 is 11.1 Å². The van der Waals surface area contributed by atoms with Gasteiger partial charge in [-0.05, 0) is 51.1 Å². The summed E-state index contributed by atoms with van der Waals surface area (Å²) in [5.41, 5.74) is 9.23. The number of amides is 1. The first-order chi connectivity index (χ1) is 13.5. The molecule has 0 saturated heterocycles. The number of Topliss-reactive ketones (excluding diaryl/α,β-unsaturated/α-hetero) is 1. The summed E-state index contributed by atoms with van der Waals surface area (Å²) in [4.78, 5) is 26.2. The lowest BCUT2D eigenvalue weighted by Gasteiger charge is -2.29. The lowest BCUT2D eigenvalue weighted by atomic mass is 9.75. The largest absolute Gasteiger partial charge is 0.380 e. The molecule has 0 radical (unpaired) electrons. The van der Waals surface area contributed by atoms with Gasteiger partial charge in [-0.15, -0.1) is 0 Å². The van der Waals surface area contributed by atoms with Gasteiger partial charge < -0.3 is 16.2 Å². The number of ketones is 1. The number of rotatable bonds is 6. The molecule has 2 aromatic rings. The average Bonchev–Trinajstić information content (AvgIpc) is 2.94. The minimum Gasteiger partial charge on any atom is -0.380 e.